The summed E-state index contributed by atoms with van der Waals surface area (Å²) in [5, 5.41) is 10.1. The van der Waals surface area contributed by atoms with Crippen LogP contribution < -0.4 is 0 Å². The minimum atomic E-state index is -1.47. The van der Waals surface area contributed by atoms with Crippen LogP contribution in [0.3, 0.4) is 0 Å². The van der Waals surface area contributed by atoms with E-state index in [2.05, 4.69) is 4.74 Å². The Morgan fingerprint density at radius 3 is 2.56 bits per heavy atom. The summed E-state index contributed by atoms with van der Waals surface area (Å²) in [6, 6.07) is 8.87. The summed E-state index contributed by atoms with van der Waals surface area (Å²) in [7, 11) is 1.23. The second kappa shape index (κ2) is 7.65. The van der Waals surface area contributed by atoms with Crippen molar-refractivity contribution in [2.45, 2.75) is 50.9 Å². The van der Waals surface area contributed by atoms with Crippen LogP contribution in [0.4, 0.5) is 4.79 Å². The molecule has 1 aromatic rings. The predicted octanol–water partition coefficient (Wildman–Crippen LogP) is 1.67. The Kier molecular flexibility index (Phi) is 5.79. The predicted molar refractivity (Wildman–Crippen MR) is 88.6 cm³/mol. The topological polar surface area (TPSA) is 93.1 Å². The molecule has 2 rings (SSSR count). The van der Waals surface area contributed by atoms with Gasteiger partial charge in [0.25, 0.3) is 5.91 Å². The van der Waals surface area contributed by atoms with Gasteiger partial charge >= 0.3 is 12.1 Å². The highest BCUT2D eigenvalue weighted by molar-refractivity contribution is 5.96. The van der Waals surface area contributed by atoms with Gasteiger partial charge in [-0.1, -0.05) is 30.3 Å². The fourth-order valence-corrected chi connectivity index (χ4v) is 2.84. The lowest BCUT2D eigenvalue weighted by Crippen LogP contribution is -2.49. The number of aliphatic hydroxyl groups excluding tert-OH is 1. The summed E-state index contributed by atoms with van der Waals surface area (Å²) in [5.74, 6) is -1.29. The van der Waals surface area contributed by atoms with Crippen molar-refractivity contribution in [1.29, 1.82) is 0 Å². The molecular formula is C18H23NO6. The van der Waals surface area contributed by atoms with E-state index >= 15 is 0 Å². The van der Waals surface area contributed by atoms with Crippen molar-refractivity contribution in [3.63, 3.8) is 0 Å². The van der Waals surface area contributed by atoms with E-state index in [9.17, 15) is 19.5 Å². The van der Waals surface area contributed by atoms with Crippen LogP contribution in [0.5, 0.6) is 0 Å². The van der Waals surface area contributed by atoms with E-state index < -0.39 is 35.7 Å². The van der Waals surface area contributed by atoms with Crippen molar-refractivity contribution in [1.82, 2.24) is 4.90 Å². The zero-order chi connectivity index (χ0) is 18.6. The molecule has 136 valence electrons. The van der Waals surface area contributed by atoms with E-state index in [0.29, 0.717) is 6.42 Å². The molecule has 1 fully saturated rings. The second-order valence-electron chi connectivity index (χ2n) is 6.52. The monoisotopic (exact) mass is 349 g/mol. The highest BCUT2D eigenvalue weighted by Gasteiger charge is 2.51. The Hall–Kier alpha value is -2.41. The molecule has 0 saturated carbocycles. The molecule has 1 N–H and O–H groups in total. The molecule has 2 atom stereocenters. The molecule has 0 spiro atoms. The Balaban J connectivity index is 2.16. The fourth-order valence-electron chi connectivity index (χ4n) is 2.84. The lowest BCUT2D eigenvalue weighted by Gasteiger charge is -2.29. The van der Waals surface area contributed by atoms with Crippen LogP contribution in [0.25, 0.3) is 0 Å². The fraction of sp³-hybridized carbons (Fsp3) is 0.500. The van der Waals surface area contributed by atoms with Gasteiger partial charge in [0.2, 0.25) is 0 Å². The van der Waals surface area contributed by atoms with Crippen molar-refractivity contribution in [2.24, 2.45) is 0 Å². The van der Waals surface area contributed by atoms with E-state index in [1.165, 1.54) is 7.11 Å². The smallest absolute Gasteiger partial charge is 0.417 e. The highest BCUT2D eigenvalue weighted by Crippen LogP contribution is 2.32. The van der Waals surface area contributed by atoms with Gasteiger partial charge in [0.15, 0.2) is 0 Å². The highest BCUT2D eigenvalue weighted by atomic mass is 16.6. The zero-order valence-corrected chi connectivity index (χ0v) is 14.6. The van der Waals surface area contributed by atoms with Crippen LogP contribution in [-0.2, 0) is 25.5 Å². The van der Waals surface area contributed by atoms with Gasteiger partial charge in [-0.15, -0.1) is 0 Å². The van der Waals surface area contributed by atoms with Gasteiger partial charge in [0, 0.05) is 6.42 Å². The van der Waals surface area contributed by atoms with Crippen molar-refractivity contribution in [2.75, 3.05) is 7.11 Å². The van der Waals surface area contributed by atoms with Crippen molar-refractivity contribution >= 4 is 18.0 Å². The number of nitrogens with zero attached hydrogens (tertiary/aromatic N) is 1. The van der Waals surface area contributed by atoms with E-state index in [1.807, 2.05) is 30.3 Å². The van der Waals surface area contributed by atoms with Crippen LogP contribution in [0.15, 0.2) is 30.3 Å². The maximum atomic E-state index is 12.6. The largest absolute Gasteiger partial charge is 0.469 e. The van der Waals surface area contributed by atoms with Crippen LogP contribution in [0.2, 0.25) is 0 Å². The minimum Gasteiger partial charge on any atom is -0.469 e. The number of carbonyl (C=O) groups is 3. The Bertz CT molecular complexity index is 642. The molecule has 25 heavy (non-hydrogen) atoms. The Morgan fingerprint density at radius 2 is 1.96 bits per heavy atom. The molecule has 1 aliphatic heterocycles. The second-order valence-corrected chi connectivity index (χ2v) is 6.52. The van der Waals surface area contributed by atoms with Gasteiger partial charge in [-0.25, -0.2) is 9.69 Å². The van der Waals surface area contributed by atoms with Gasteiger partial charge in [-0.3, -0.25) is 9.59 Å². The maximum Gasteiger partial charge on any atom is 0.417 e. The zero-order valence-electron chi connectivity index (χ0n) is 14.6. The molecule has 1 aromatic carbocycles. The normalized spacial score (nSPS) is 20.1. The SMILES string of the molecule is COC(=O)CC[C@H](O)C(=O)N1C(=O)OC(C)(C)[C@@H]1Cc1ccccc1. The van der Waals surface area contributed by atoms with E-state index in [-0.39, 0.29) is 12.8 Å². The third-order valence-electron chi connectivity index (χ3n) is 4.31. The van der Waals surface area contributed by atoms with Crippen molar-refractivity contribution < 1.29 is 29.0 Å². The number of hydrogen-bond acceptors (Lipinski definition) is 6. The summed E-state index contributed by atoms with van der Waals surface area (Å²) in [6.45, 7) is 3.46. The number of esters is 1. The molecule has 1 heterocycles. The average Bonchev–Trinajstić information content (AvgIpc) is 2.81. The van der Waals surface area contributed by atoms with Crippen LogP contribution in [0, 0.1) is 0 Å². The van der Waals surface area contributed by atoms with E-state index in [4.69, 9.17) is 4.74 Å². The maximum absolute atomic E-state index is 12.6. The number of cyclic esters (lactones) is 1. The quantitative estimate of drug-likeness (QED) is 0.785. The molecule has 0 radical (unpaired) electrons. The number of carbonyl (C=O) groups excluding carboxylic acids is 3. The first-order valence-corrected chi connectivity index (χ1v) is 8.11. The number of benzene rings is 1. The number of aliphatic hydroxyl groups is 1. The number of rotatable bonds is 6. The van der Waals surface area contributed by atoms with Crippen molar-refractivity contribution in [3.05, 3.63) is 35.9 Å². The molecule has 0 unspecified atom stereocenters. The molecule has 0 aromatic heterocycles. The van der Waals surface area contributed by atoms with Crippen LogP contribution >= 0.6 is 0 Å². The number of methoxy groups -OCH3 is 1. The molecule has 1 aliphatic rings. The van der Waals surface area contributed by atoms with Gasteiger partial charge in [-0.05, 0) is 32.3 Å². The summed E-state index contributed by atoms with van der Waals surface area (Å²) >= 11 is 0. The van der Waals surface area contributed by atoms with Gasteiger partial charge in [0.05, 0.1) is 13.2 Å². The number of amides is 2. The summed E-state index contributed by atoms with van der Waals surface area (Å²) < 4.78 is 9.82. The molecule has 2 amide bonds. The van der Waals surface area contributed by atoms with E-state index in [1.54, 1.807) is 13.8 Å². The average molecular weight is 349 g/mol. The summed E-state index contributed by atoms with van der Waals surface area (Å²) in [5.41, 5.74) is 0.0608. The van der Waals surface area contributed by atoms with Gasteiger partial charge in [0.1, 0.15) is 11.7 Å². The number of hydrogen-bond donors (Lipinski definition) is 1. The van der Waals surface area contributed by atoms with Gasteiger partial charge in [-0.2, -0.15) is 0 Å². The molecular weight excluding hydrogens is 326 g/mol. The first-order chi connectivity index (χ1) is 11.8. The first-order valence-electron chi connectivity index (χ1n) is 8.11. The summed E-state index contributed by atoms with van der Waals surface area (Å²) in [4.78, 5) is 36.9. The van der Waals surface area contributed by atoms with Crippen molar-refractivity contribution in [3.8, 4) is 0 Å². The summed E-state index contributed by atoms with van der Waals surface area (Å²) in [6.07, 6.45) is -2.08. The third-order valence-corrected chi connectivity index (χ3v) is 4.31. The minimum absolute atomic E-state index is 0.112. The lowest BCUT2D eigenvalue weighted by molar-refractivity contribution is -0.143. The van der Waals surface area contributed by atoms with E-state index in [0.717, 1.165) is 10.5 Å². The Labute approximate surface area is 146 Å². The van der Waals surface area contributed by atoms with Crippen LogP contribution in [0.1, 0.15) is 32.3 Å². The lowest BCUT2D eigenvalue weighted by atomic mass is 9.91. The molecule has 7 heteroatoms. The number of ether oxygens (including phenoxy) is 2. The molecule has 7 nitrogen and oxygen atoms in total. The molecule has 0 aliphatic carbocycles. The molecule has 0 bridgehead atoms. The molecule has 1 saturated heterocycles. The first kappa shape index (κ1) is 18.9. The van der Waals surface area contributed by atoms with Crippen LogP contribution in [-0.4, -0.2) is 52.8 Å². The standard InChI is InChI=1S/C18H23NO6/c1-18(2)14(11-12-7-5-4-6-8-12)19(17(23)25-18)16(22)13(20)9-10-15(21)24-3/h4-8,13-14,20H,9-11H2,1-3H3/t13-,14-/m0/s1. The third kappa shape index (κ3) is 4.36. The number of imide groups is 1. The Morgan fingerprint density at radius 1 is 1.32 bits per heavy atom. The van der Waals surface area contributed by atoms with Gasteiger partial charge < -0.3 is 14.6 Å².